The van der Waals surface area contributed by atoms with Gasteiger partial charge in [-0.1, -0.05) is 5.16 Å². The summed E-state index contributed by atoms with van der Waals surface area (Å²) in [5.74, 6) is 0.835. The van der Waals surface area contributed by atoms with E-state index >= 15 is 0 Å². The van der Waals surface area contributed by atoms with Crippen LogP contribution in [0.5, 0.6) is 0 Å². The molecule has 1 amide bonds. The highest BCUT2D eigenvalue weighted by Crippen LogP contribution is 2.31. The summed E-state index contributed by atoms with van der Waals surface area (Å²) < 4.78 is 7.06. The van der Waals surface area contributed by atoms with Crippen LogP contribution in [-0.2, 0) is 4.79 Å². The van der Waals surface area contributed by atoms with Gasteiger partial charge in [0, 0.05) is 32.3 Å². The molecule has 2 aliphatic heterocycles. The van der Waals surface area contributed by atoms with Crippen LogP contribution in [0.25, 0.3) is 0 Å². The Bertz CT molecular complexity index is 661. The predicted octanol–water partition coefficient (Wildman–Crippen LogP) is 1.01. The van der Waals surface area contributed by atoms with Crippen LogP contribution < -0.4 is 4.90 Å². The first kappa shape index (κ1) is 13.4. The van der Waals surface area contributed by atoms with Crippen molar-refractivity contribution in [2.24, 2.45) is 0 Å². The van der Waals surface area contributed by atoms with Crippen molar-refractivity contribution in [3.05, 3.63) is 24.6 Å². The van der Waals surface area contributed by atoms with Gasteiger partial charge in [-0.3, -0.25) is 14.4 Å². The number of hydrogen-bond donors (Lipinski definition) is 0. The van der Waals surface area contributed by atoms with Crippen molar-refractivity contribution in [2.75, 3.05) is 24.5 Å². The fraction of sp³-hybridized carbons (Fsp3) is 0.571. The lowest BCUT2D eigenvalue weighted by Crippen LogP contribution is -2.48. The van der Waals surface area contributed by atoms with Crippen molar-refractivity contribution in [3.8, 4) is 0 Å². The number of likely N-dealkylation sites (tertiary alicyclic amines) is 1. The Labute approximate surface area is 127 Å². The van der Waals surface area contributed by atoms with Gasteiger partial charge in [0.2, 0.25) is 11.8 Å². The molecule has 0 saturated carbocycles. The minimum Gasteiger partial charge on any atom is -0.338 e. The first-order valence-corrected chi connectivity index (χ1v) is 7.57. The third-order valence-corrected chi connectivity index (χ3v) is 4.52. The van der Waals surface area contributed by atoms with Gasteiger partial charge in [0.25, 0.3) is 0 Å². The monoisotopic (exact) mass is 302 g/mol. The standard InChI is InChI=1S/C14H18N6O2/c1-10(14-15-9-17-22-14)18-6-12(7-18)20-8-11(5-16-20)19-4-2-3-13(19)21/h5,8-10,12H,2-4,6-7H2,1H3. The van der Waals surface area contributed by atoms with Crippen LogP contribution in [0.2, 0.25) is 0 Å². The zero-order valence-corrected chi connectivity index (χ0v) is 12.4. The molecule has 0 spiro atoms. The lowest BCUT2D eigenvalue weighted by atomic mass is 10.1. The Morgan fingerprint density at radius 3 is 2.95 bits per heavy atom. The molecule has 0 N–H and O–H groups in total. The first-order chi connectivity index (χ1) is 10.7. The minimum absolute atomic E-state index is 0.119. The third-order valence-electron chi connectivity index (χ3n) is 4.52. The summed E-state index contributed by atoms with van der Waals surface area (Å²) in [5.41, 5.74) is 0.908. The van der Waals surface area contributed by atoms with Crippen molar-refractivity contribution in [2.45, 2.75) is 31.8 Å². The van der Waals surface area contributed by atoms with Crippen molar-refractivity contribution >= 4 is 11.6 Å². The van der Waals surface area contributed by atoms with E-state index in [9.17, 15) is 4.79 Å². The molecular weight excluding hydrogens is 284 g/mol. The quantitative estimate of drug-likeness (QED) is 0.838. The van der Waals surface area contributed by atoms with Crippen LogP contribution in [0.4, 0.5) is 5.69 Å². The maximum absolute atomic E-state index is 11.8. The molecule has 2 fully saturated rings. The molecule has 1 atom stereocenters. The number of carbonyl (C=O) groups excluding carboxylic acids is 1. The second-order valence-corrected chi connectivity index (χ2v) is 5.89. The molecule has 22 heavy (non-hydrogen) atoms. The second-order valence-electron chi connectivity index (χ2n) is 5.89. The van der Waals surface area contributed by atoms with Gasteiger partial charge in [0.15, 0.2) is 6.33 Å². The molecule has 2 aromatic rings. The van der Waals surface area contributed by atoms with Crippen molar-refractivity contribution < 1.29 is 9.32 Å². The number of nitrogens with zero attached hydrogens (tertiary/aromatic N) is 6. The molecule has 4 rings (SSSR count). The van der Waals surface area contributed by atoms with Gasteiger partial charge < -0.3 is 9.42 Å². The number of anilines is 1. The van der Waals surface area contributed by atoms with E-state index in [1.807, 2.05) is 15.8 Å². The molecule has 2 aromatic heterocycles. The molecule has 0 bridgehead atoms. The number of hydrogen-bond acceptors (Lipinski definition) is 6. The van der Waals surface area contributed by atoms with Crippen LogP contribution in [-0.4, -0.2) is 50.4 Å². The van der Waals surface area contributed by atoms with Crippen molar-refractivity contribution in [1.82, 2.24) is 24.8 Å². The van der Waals surface area contributed by atoms with Crippen LogP contribution in [0, 0.1) is 0 Å². The Balaban J connectivity index is 1.39. The zero-order valence-electron chi connectivity index (χ0n) is 12.4. The minimum atomic E-state index is 0.119. The fourth-order valence-electron chi connectivity index (χ4n) is 3.08. The van der Waals surface area contributed by atoms with Crippen LogP contribution >= 0.6 is 0 Å². The number of carbonyl (C=O) groups is 1. The molecule has 2 aliphatic rings. The lowest BCUT2D eigenvalue weighted by Gasteiger charge is -2.41. The van der Waals surface area contributed by atoms with Gasteiger partial charge in [-0.15, -0.1) is 0 Å². The largest absolute Gasteiger partial charge is 0.338 e. The Morgan fingerprint density at radius 1 is 1.41 bits per heavy atom. The first-order valence-electron chi connectivity index (χ1n) is 7.57. The Hall–Kier alpha value is -2.22. The maximum atomic E-state index is 11.8. The average molecular weight is 302 g/mol. The van der Waals surface area contributed by atoms with E-state index in [4.69, 9.17) is 4.52 Å². The number of rotatable bonds is 4. The highest BCUT2D eigenvalue weighted by molar-refractivity contribution is 5.95. The molecular formula is C14H18N6O2. The van der Waals surface area contributed by atoms with E-state index in [1.54, 1.807) is 6.20 Å². The Kier molecular flexibility index (Phi) is 3.18. The highest BCUT2D eigenvalue weighted by Gasteiger charge is 2.35. The predicted molar refractivity (Wildman–Crippen MR) is 77.1 cm³/mol. The normalized spacial score (nSPS) is 21.3. The molecule has 8 heteroatoms. The zero-order chi connectivity index (χ0) is 15.1. The fourth-order valence-corrected chi connectivity index (χ4v) is 3.08. The van der Waals surface area contributed by atoms with Gasteiger partial charge >= 0.3 is 0 Å². The number of aromatic nitrogens is 4. The van der Waals surface area contributed by atoms with Crippen LogP contribution in [0.1, 0.15) is 37.7 Å². The van der Waals surface area contributed by atoms with Crippen LogP contribution in [0.3, 0.4) is 0 Å². The van der Waals surface area contributed by atoms with Gasteiger partial charge in [-0.25, -0.2) is 0 Å². The topological polar surface area (TPSA) is 80.3 Å². The van der Waals surface area contributed by atoms with Gasteiger partial charge in [0.05, 0.1) is 24.0 Å². The Morgan fingerprint density at radius 2 is 2.27 bits per heavy atom. The molecule has 2 saturated heterocycles. The van der Waals surface area contributed by atoms with Gasteiger partial charge in [-0.2, -0.15) is 10.1 Å². The molecule has 0 radical (unpaired) electrons. The van der Waals surface area contributed by atoms with E-state index < -0.39 is 0 Å². The van der Waals surface area contributed by atoms with E-state index in [0.717, 1.165) is 31.7 Å². The molecule has 0 aliphatic carbocycles. The summed E-state index contributed by atoms with van der Waals surface area (Å²) in [6.07, 6.45) is 6.76. The average Bonchev–Trinajstić information content (AvgIpc) is 3.16. The molecule has 8 nitrogen and oxygen atoms in total. The SMILES string of the molecule is CC(c1ncno1)N1CC(n2cc(N3CCCC3=O)cn2)C1. The lowest BCUT2D eigenvalue weighted by molar-refractivity contribution is -0.117. The summed E-state index contributed by atoms with van der Waals surface area (Å²) >= 11 is 0. The number of amides is 1. The van der Waals surface area contributed by atoms with E-state index in [-0.39, 0.29) is 11.9 Å². The van der Waals surface area contributed by atoms with Crippen LogP contribution in [0.15, 0.2) is 23.2 Å². The highest BCUT2D eigenvalue weighted by atomic mass is 16.5. The van der Waals surface area contributed by atoms with Gasteiger partial charge in [-0.05, 0) is 13.3 Å². The smallest absolute Gasteiger partial charge is 0.243 e. The maximum Gasteiger partial charge on any atom is 0.243 e. The van der Waals surface area contributed by atoms with E-state index in [0.29, 0.717) is 18.4 Å². The van der Waals surface area contributed by atoms with E-state index in [2.05, 4.69) is 27.1 Å². The molecule has 0 aromatic carbocycles. The van der Waals surface area contributed by atoms with Crippen molar-refractivity contribution in [1.29, 1.82) is 0 Å². The third kappa shape index (κ3) is 2.19. The molecule has 4 heterocycles. The van der Waals surface area contributed by atoms with Gasteiger partial charge in [0.1, 0.15) is 0 Å². The molecule has 116 valence electrons. The van der Waals surface area contributed by atoms with Crippen molar-refractivity contribution in [3.63, 3.8) is 0 Å². The summed E-state index contributed by atoms with van der Waals surface area (Å²) in [6.45, 7) is 4.63. The second kappa shape index (κ2) is 5.20. The van der Waals surface area contributed by atoms with E-state index in [1.165, 1.54) is 6.33 Å². The summed E-state index contributed by atoms with van der Waals surface area (Å²) in [7, 11) is 0. The summed E-state index contributed by atoms with van der Waals surface area (Å²) in [5, 5.41) is 8.07. The summed E-state index contributed by atoms with van der Waals surface area (Å²) in [4.78, 5) is 19.9. The molecule has 1 unspecified atom stereocenters. The summed E-state index contributed by atoms with van der Waals surface area (Å²) in [6, 6.07) is 0.450.